The molecule has 0 saturated heterocycles. The van der Waals surface area contributed by atoms with Crippen LogP contribution >= 0.6 is 0 Å². The lowest BCUT2D eigenvalue weighted by molar-refractivity contribution is 0.174. The summed E-state index contributed by atoms with van der Waals surface area (Å²) in [5.74, 6) is 1.45. The maximum absolute atomic E-state index is 12.2. The number of hydrogen-bond donors (Lipinski definition) is 2. The topological polar surface area (TPSA) is 59.6 Å². The summed E-state index contributed by atoms with van der Waals surface area (Å²) in [6, 6.07) is 13.3. The summed E-state index contributed by atoms with van der Waals surface area (Å²) in [5.41, 5.74) is 2.84. The van der Waals surface area contributed by atoms with Crippen molar-refractivity contribution in [3.8, 4) is 11.5 Å². The quantitative estimate of drug-likeness (QED) is 0.895. The van der Waals surface area contributed by atoms with E-state index in [0.717, 1.165) is 22.6 Å². The Balaban J connectivity index is 1.63. The molecule has 3 rings (SSSR count). The Bertz CT molecular complexity index is 751. The van der Waals surface area contributed by atoms with E-state index in [4.69, 9.17) is 9.47 Å². The highest BCUT2D eigenvalue weighted by molar-refractivity contribution is 5.90. The molecule has 0 aromatic heterocycles. The number of rotatable bonds is 3. The number of amides is 2. The Hall–Kier alpha value is -2.69. The second-order valence-electron chi connectivity index (χ2n) is 6.79. The number of urea groups is 1. The third kappa shape index (κ3) is 3.62. The average molecular weight is 326 g/mol. The highest BCUT2D eigenvalue weighted by atomic mass is 16.7. The summed E-state index contributed by atoms with van der Waals surface area (Å²) >= 11 is 0. The van der Waals surface area contributed by atoms with Gasteiger partial charge in [0.25, 0.3) is 0 Å². The van der Waals surface area contributed by atoms with E-state index in [1.54, 1.807) is 0 Å². The molecular weight excluding hydrogens is 304 g/mol. The first-order chi connectivity index (χ1) is 11.4. The Morgan fingerprint density at radius 3 is 2.62 bits per heavy atom. The second-order valence-corrected chi connectivity index (χ2v) is 6.79. The molecule has 2 aromatic carbocycles. The summed E-state index contributed by atoms with van der Waals surface area (Å²) < 4.78 is 10.6. The molecule has 0 spiro atoms. The fourth-order valence-corrected chi connectivity index (χ4v) is 2.65. The van der Waals surface area contributed by atoms with Crippen molar-refractivity contribution in [2.75, 3.05) is 12.1 Å². The first-order valence-electron chi connectivity index (χ1n) is 7.96. The van der Waals surface area contributed by atoms with Gasteiger partial charge in [0, 0.05) is 12.2 Å². The monoisotopic (exact) mass is 326 g/mol. The molecule has 5 heteroatoms. The van der Waals surface area contributed by atoms with Gasteiger partial charge in [-0.05, 0) is 34.7 Å². The molecule has 126 valence electrons. The van der Waals surface area contributed by atoms with Gasteiger partial charge in [-0.1, -0.05) is 45.0 Å². The van der Waals surface area contributed by atoms with Crippen LogP contribution in [0.2, 0.25) is 0 Å². The summed E-state index contributed by atoms with van der Waals surface area (Å²) in [5, 5.41) is 5.80. The first kappa shape index (κ1) is 16.2. The molecule has 0 unspecified atom stereocenters. The molecular formula is C19H22N2O3. The average Bonchev–Trinajstić information content (AvgIpc) is 3.00. The van der Waals surface area contributed by atoms with E-state index in [2.05, 4.69) is 31.4 Å². The predicted molar refractivity (Wildman–Crippen MR) is 93.6 cm³/mol. The van der Waals surface area contributed by atoms with Crippen molar-refractivity contribution in [2.45, 2.75) is 32.7 Å². The fourth-order valence-electron chi connectivity index (χ4n) is 2.65. The lowest BCUT2D eigenvalue weighted by atomic mass is 9.86. The molecule has 1 heterocycles. The van der Waals surface area contributed by atoms with Crippen LogP contribution < -0.4 is 20.1 Å². The van der Waals surface area contributed by atoms with E-state index >= 15 is 0 Å². The van der Waals surface area contributed by atoms with Gasteiger partial charge in [0.05, 0.1) is 0 Å². The van der Waals surface area contributed by atoms with Crippen LogP contribution in [-0.2, 0) is 12.0 Å². The zero-order valence-corrected chi connectivity index (χ0v) is 14.2. The molecule has 0 fully saturated rings. The van der Waals surface area contributed by atoms with Crippen LogP contribution in [0, 0.1) is 0 Å². The van der Waals surface area contributed by atoms with E-state index in [-0.39, 0.29) is 18.2 Å². The van der Waals surface area contributed by atoms with Gasteiger partial charge in [-0.2, -0.15) is 0 Å². The van der Waals surface area contributed by atoms with Crippen molar-refractivity contribution < 1.29 is 14.3 Å². The lowest BCUT2D eigenvalue weighted by Crippen LogP contribution is -2.29. The SMILES string of the molecule is CC(C)(C)c1ccccc1NC(=O)NCc1ccc2c(c1)OCO2. The van der Waals surface area contributed by atoms with Gasteiger partial charge in [-0.25, -0.2) is 4.79 Å². The number of para-hydroxylation sites is 1. The lowest BCUT2D eigenvalue weighted by Gasteiger charge is -2.23. The maximum atomic E-state index is 12.2. The first-order valence-corrected chi connectivity index (χ1v) is 7.96. The highest BCUT2D eigenvalue weighted by Crippen LogP contribution is 2.32. The van der Waals surface area contributed by atoms with Crippen molar-refractivity contribution in [1.29, 1.82) is 0 Å². The summed E-state index contributed by atoms with van der Waals surface area (Å²) in [6.45, 7) is 7.03. The molecule has 5 nitrogen and oxygen atoms in total. The van der Waals surface area contributed by atoms with Crippen molar-refractivity contribution in [3.05, 3.63) is 53.6 Å². The van der Waals surface area contributed by atoms with Gasteiger partial charge < -0.3 is 20.1 Å². The molecule has 2 aromatic rings. The van der Waals surface area contributed by atoms with Crippen LogP contribution in [-0.4, -0.2) is 12.8 Å². The van der Waals surface area contributed by atoms with Crippen LogP contribution in [0.5, 0.6) is 11.5 Å². The van der Waals surface area contributed by atoms with Crippen molar-refractivity contribution in [1.82, 2.24) is 5.32 Å². The van der Waals surface area contributed by atoms with Gasteiger partial charge in [0.1, 0.15) is 0 Å². The van der Waals surface area contributed by atoms with Crippen LogP contribution in [0.3, 0.4) is 0 Å². The van der Waals surface area contributed by atoms with E-state index in [9.17, 15) is 4.79 Å². The molecule has 2 amide bonds. The number of carbonyl (C=O) groups excluding carboxylic acids is 1. The zero-order chi connectivity index (χ0) is 17.2. The number of fused-ring (bicyclic) bond motifs is 1. The van der Waals surface area contributed by atoms with Crippen LogP contribution in [0.1, 0.15) is 31.9 Å². The number of anilines is 1. The van der Waals surface area contributed by atoms with Gasteiger partial charge in [-0.15, -0.1) is 0 Å². The number of nitrogens with one attached hydrogen (secondary N) is 2. The van der Waals surface area contributed by atoms with Crippen molar-refractivity contribution >= 4 is 11.7 Å². The molecule has 1 aliphatic heterocycles. The molecule has 0 radical (unpaired) electrons. The molecule has 2 N–H and O–H groups in total. The van der Waals surface area contributed by atoms with Crippen molar-refractivity contribution in [3.63, 3.8) is 0 Å². The van der Waals surface area contributed by atoms with Crippen LogP contribution in [0.25, 0.3) is 0 Å². The van der Waals surface area contributed by atoms with Crippen LogP contribution in [0.15, 0.2) is 42.5 Å². The Morgan fingerprint density at radius 1 is 1.08 bits per heavy atom. The van der Waals surface area contributed by atoms with E-state index in [1.165, 1.54) is 0 Å². The third-order valence-electron chi connectivity index (χ3n) is 3.87. The second kappa shape index (κ2) is 6.43. The number of hydrogen-bond acceptors (Lipinski definition) is 3. The maximum Gasteiger partial charge on any atom is 0.319 e. The Labute approximate surface area is 142 Å². The van der Waals surface area contributed by atoms with Crippen LogP contribution in [0.4, 0.5) is 10.5 Å². The minimum Gasteiger partial charge on any atom is -0.454 e. The Kier molecular flexibility index (Phi) is 4.34. The molecule has 0 saturated carbocycles. The highest BCUT2D eigenvalue weighted by Gasteiger charge is 2.18. The molecule has 0 aliphatic carbocycles. The minimum absolute atomic E-state index is 0.0405. The standard InChI is InChI=1S/C19H22N2O3/c1-19(2,3)14-6-4-5-7-15(14)21-18(22)20-11-13-8-9-16-17(10-13)24-12-23-16/h4-10H,11-12H2,1-3H3,(H2,20,21,22). The molecule has 1 aliphatic rings. The summed E-state index contributed by atoms with van der Waals surface area (Å²) in [4.78, 5) is 12.2. The largest absolute Gasteiger partial charge is 0.454 e. The van der Waals surface area contributed by atoms with Gasteiger partial charge in [0.15, 0.2) is 11.5 Å². The van der Waals surface area contributed by atoms with E-state index < -0.39 is 0 Å². The molecule has 0 bridgehead atoms. The summed E-state index contributed by atoms with van der Waals surface area (Å²) in [7, 11) is 0. The molecule has 24 heavy (non-hydrogen) atoms. The minimum atomic E-state index is -0.232. The number of benzene rings is 2. The fraction of sp³-hybridized carbons (Fsp3) is 0.316. The van der Waals surface area contributed by atoms with Gasteiger partial charge in [-0.3, -0.25) is 0 Å². The number of carbonyl (C=O) groups is 1. The van der Waals surface area contributed by atoms with Crippen molar-refractivity contribution in [2.24, 2.45) is 0 Å². The Morgan fingerprint density at radius 2 is 1.83 bits per heavy atom. The zero-order valence-electron chi connectivity index (χ0n) is 14.2. The summed E-state index contributed by atoms with van der Waals surface area (Å²) in [6.07, 6.45) is 0. The normalized spacial score (nSPS) is 12.8. The smallest absolute Gasteiger partial charge is 0.319 e. The predicted octanol–water partition coefficient (Wildman–Crippen LogP) is 4.03. The molecule has 0 atom stereocenters. The van der Waals surface area contributed by atoms with E-state index in [0.29, 0.717) is 12.3 Å². The third-order valence-corrected chi connectivity index (χ3v) is 3.87. The van der Waals surface area contributed by atoms with Gasteiger partial charge in [0.2, 0.25) is 6.79 Å². The van der Waals surface area contributed by atoms with E-state index in [1.807, 2.05) is 42.5 Å². The number of ether oxygens (including phenoxy) is 2. The van der Waals surface area contributed by atoms with Gasteiger partial charge >= 0.3 is 6.03 Å².